The number of morpholine rings is 1. The van der Waals surface area contributed by atoms with Crippen molar-refractivity contribution in [3.05, 3.63) is 63.0 Å². The zero-order valence-corrected chi connectivity index (χ0v) is 20.3. The minimum atomic E-state index is -0.789. The number of hydrogen-bond donors (Lipinski definition) is 1. The number of anilines is 2. The van der Waals surface area contributed by atoms with Crippen molar-refractivity contribution in [3.63, 3.8) is 0 Å². The van der Waals surface area contributed by atoms with E-state index in [1.54, 1.807) is 0 Å². The molecule has 3 heterocycles. The van der Waals surface area contributed by atoms with Gasteiger partial charge in [-0.3, -0.25) is 14.9 Å². The fourth-order valence-corrected chi connectivity index (χ4v) is 4.99. The molecule has 12 heteroatoms. The Balaban J connectivity index is 1.49. The lowest BCUT2D eigenvalue weighted by Gasteiger charge is -2.26. The van der Waals surface area contributed by atoms with Crippen LogP contribution in [-0.4, -0.2) is 55.3 Å². The standard InChI is InChI=1S/C25H21N5O6S/c26-15-17(24(31)27-18-13-20-21(36-11-10-35-20)14-19(18)30(32)33)12-22-23(16-4-2-1-3-5-16)28-25(37-22)29-6-8-34-9-7-29/h1-5,12-14H,6-11H2,(H,27,31). The molecule has 1 saturated heterocycles. The number of hydrogen-bond acceptors (Lipinski definition) is 10. The first-order valence-electron chi connectivity index (χ1n) is 11.4. The van der Waals surface area contributed by atoms with Gasteiger partial charge in [-0.1, -0.05) is 41.7 Å². The van der Waals surface area contributed by atoms with Crippen molar-refractivity contribution in [1.29, 1.82) is 5.26 Å². The second-order valence-electron chi connectivity index (χ2n) is 8.07. The topological polar surface area (TPSA) is 140 Å². The molecule has 0 unspecified atom stereocenters. The molecule has 2 aliphatic heterocycles. The number of nitrogens with one attached hydrogen (secondary N) is 1. The Bertz CT molecular complexity index is 1410. The van der Waals surface area contributed by atoms with Crippen molar-refractivity contribution in [3.8, 4) is 28.8 Å². The second-order valence-corrected chi connectivity index (χ2v) is 9.08. The maximum Gasteiger partial charge on any atom is 0.296 e. The first kappa shape index (κ1) is 24.2. The summed E-state index contributed by atoms with van der Waals surface area (Å²) in [6.45, 7) is 3.09. The predicted molar refractivity (Wildman–Crippen MR) is 137 cm³/mol. The molecule has 0 spiro atoms. The number of ether oxygens (including phenoxy) is 3. The van der Waals surface area contributed by atoms with E-state index >= 15 is 0 Å². The maximum absolute atomic E-state index is 13.1. The van der Waals surface area contributed by atoms with Gasteiger partial charge in [0.1, 0.15) is 30.5 Å². The van der Waals surface area contributed by atoms with Crippen LogP contribution in [0.25, 0.3) is 17.3 Å². The molecule has 11 nitrogen and oxygen atoms in total. The van der Waals surface area contributed by atoms with E-state index in [0.29, 0.717) is 36.9 Å². The van der Waals surface area contributed by atoms with Gasteiger partial charge in [-0.05, 0) is 6.08 Å². The lowest BCUT2D eigenvalue weighted by molar-refractivity contribution is -0.384. The van der Waals surface area contributed by atoms with Crippen molar-refractivity contribution in [2.45, 2.75) is 0 Å². The Morgan fingerprint density at radius 1 is 1.14 bits per heavy atom. The number of benzene rings is 2. The molecule has 3 aromatic rings. The summed E-state index contributed by atoms with van der Waals surface area (Å²) in [5.41, 5.74) is 0.787. The molecule has 2 aliphatic rings. The SMILES string of the molecule is N#CC(=Cc1sc(N2CCOCC2)nc1-c1ccccc1)C(=O)Nc1cc2c(cc1[N+](=O)[O-])OCCO2. The number of nitrogens with zero attached hydrogens (tertiary/aromatic N) is 4. The summed E-state index contributed by atoms with van der Waals surface area (Å²) in [6.07, 6.45) is 1.46. The molecule has 1 amide bonds. The Labute approximate surface area is 215 Å². The fraction of sp³-hybridized carbons (Fsp3) is 0.240. The van der Waals surface area contributed by atoms with Crippen LogP contribution < -0.4 is 19.7 Å². The van der Waals surface area contributed by atoms with Gasteiger partial charge in [0.25, 0.3) is 11.6 Å². The summed E-state index contributed by atoms with van der Waals surface area (Å²) in [6, 6.07) is 13.9. The minimum absolute atomic E-state index is 0.0954. The number of amides is 1. The van der Waals surface area contributed by atoms with Crippen LogP contribution in [0.4, 0.5) is 16.5 Å². The van der Waals surface area contributed by atoms with Crippen LogP contribution in [0.2, 0.25) is 0 Å². The fourth-order valence-electron chi connectivity index (χ4n) is 3.91. The molecule has 0 bridgehead atoms. The van der Waals surface area contributed by atoms with E-state index in [9.17, 15) is 20.2 Å². The monoisotopic (exact) mass is 519 g/mol. The zero-order chi connectivity index (χ0) is 25.8. The molecule has 37 heavy (non-hydrogen) atoms. The molecule has 1 aromatic heterocycles. The maximum atomic E-state index is 13.1. The Morgan fingerprint density at radius 2 is 1.84 bits per heavy atom. The number of carbonyl (C=O) groups is 1. The number of nitro groups is 1. The van der Waals surface area contributed by atoms with E-state index in [2.05, 4.69) is 10.2 Å². The third kappa shape index (κ3) is 5.23. The van der Waals surface area contributed by atoms with Gasteiger partial charge < -0.3 is 24.4 Å². The van der Waals surface area contributed by atoms with E-state index in [1.165, 1.54) is 29.5 Å². The summed E-state index contributed by atoms with van der Waals surface area (Å²) in [7, 11) is 0. The molecule has 0 saturated carbocycles. The predicted octanol–water partition coefficient (Wildman–Crippen LogP) is 3.87. The van der Waals surface area contributed by atoms with Gasteiger partial charge in [0.05, 0.1) is 34.8 Å². The van der Waals surface area contributed by atoms with Gasteiger partial charge in [-0.15, -0.1) is 0 Å². The average molecular weight is 520 g/mol. The molecule has 0 aliphatic carbocycles. The molecule has 1 fully saturated rings. The van der Waals surface area contributed by atoms with Crippen LogP contribution >= 0.6 is 11.3 Å². The third-order valence-corrected chi connectivity index (χ3v) is 6.78. The largest absolute Gasteiger partial charge is 0.486 e. The Morgan fingerprint density at radius 3 is 2.51 bits per heavy atom. The Hall–Kier alpha value is -4.47. The lowest BCUT2D eigenvalue weighted by Crippen LogP contribution is -2.36. The van der Waals surface area contributed by atoms with Gasteiger partial charge in [-0.2, -0.15) is 5.26 Å². The van der Waals surface area contributed by atoms with Crippen LogP contribution in [0, 0.1) is 21.4 Å². The van der Waals surface area contributed by atoms with E-state index in [0.717, 1.165) is 10.7 Å². The summed E-state index contributed by atoms with van der Waals surface area (Å²) in [4.78, 5) is 31.6. The highest BCUT2D eigenvalue weighted by Crippen LogP contribution is 2.40. The summed E-state index contributed by atoms with van der Waals surface area (Å²) >= 11 is 1.36. The minimum Gasteiger partial charge on any atom is -0.486 e. The highest BCUT2D eigenvalue weighted by molar-refractivity contribution is 7.17. The molecule has 188 valence electrons. The van der Waals surface area contributed by atoms with Gasteiger partial charge >= 0.3 is 0 Å². The molecule has 1 N–H and O–H groups in total. The number of carbonyl (C=O) groups excluding carboxylic acids is 1. The molecule has 0 atom stereocenters. The first-order valence-corrected chi connectivity index (χ1v) is 12.3. The number of nitriles is 1. The van der Waals surface area contributed by atoms with E-state index in [4.69, 9.17) is 19.2 Å². The number of aromatic nitrogens is 1. The second kappa shape index (κ2) is 10.7. The van der Waals surface area contributed by atoms with Gasteiger partial charge in [0, 0.05) is 24.7 Å². The number of nitro benzene ring substituents is 1. The average Bonchev–Trinajstić information content (AvgIpc) is 3.36. The van der Waals surface area contributed by atoms with Gasteiger partial charge in [-0.25, -0.2) is 4.98 Å². The third-order valence-electron chi connectivity index (χ3n) is 5.72. The van der Waals surface area contributed by atoms with Gasteiger partial charge in [0.2, 0.25) is 0 Å². The number of fused-ring (bicyclic) bond motifs is 1. The van der Waals surface area contributed by atoms with Crippen molar-refractivity contribution < 1.29 is 23.9 Å². The highest BCUT2D eigenvalue weighted by atomic mass is 32.1. The molecule has 2 aromatic carbocycles. The Kier molecular flexibility index (Phi) is 6.98. The van der Waals surface area contributed by atoms with E-state index in [-0.39, 0.29) is 41.7 Å². The highest BCUT2D eigenvalue weighted by Gasteiger charge is 2.25. The van der Waals surface area contributed by atoms with Crippen molar-refractivity contribution in [1.82, 2.24) is 4.98 Å². The van der Waals surface area contributed by atoms with Crippen LogP contribution in [-0.2, 0) is 9.53 Å². The molecular weight excluding hydrogens is 498 g/mol. The number of rotatable bonds is 6. The summed E-state index contributed by atoms with van der Waals surface area (Å²) in [5, 5.41) is 24.7. The quantitative estimate of drug-likeness (QED) is 0.222. The van der Waals surface area contributed by atoms with Crippen LogP contribution in [0.5, 0.6) is 11.5 Å². The van der Waals surface area contributed by atoms with Crippen molar-refractivity contribution in [2.75, 3.05) is 49.7 Å². The number of thiazole rings is 1. The van der Waals surface area contributed by atoms with Crippen LogP contribution in [0.1, 0.15) is 4.88 Å². The van der Waals surface area contributed by atoms with Crippen LogP contribution in [0.15, 0.2) is 48.0 Å². The molecule has 0 radical (unpaired) electrons. The normalized spacial score (nSPS) is 15.1. The zero-order valence-electron chi connectivity index (χ0n) is 19.5. The van der Waals surface area contributed by atoms with Gasteiger partial charge in [0.15, 0.2) is 16.6 Å². The van der Waals surface area contributed by atoms with E-state index < -0.39 is 10.8 Å². The van der Waals surface area contributed by atoms with E-state index in [1.807, 2.05) is 36.4 Å². The lowest BCUT2D eigenvalue weighted by atomic mass is 10.1. The smallest absolute Gasteiger partial charge is 0.296 e. The summed E-state index contributed by atoms with van der Waals surface area (Å²) in [5.74, 6) is -0.291. The first-order chi connectivity index (χ1) is 18.0. The summed E-state index contributed by atoms with van der Waals surface area (Å²) < 4.78 is 16.3. The molecular formula is C25H21N5O6S. The molecule has 5 rings (SSSR count). The van der Waals surface area contributed by atoms with Crippen molar-refractivity contribution in [2.24, 2.45) is 0 Å². The van der Waals surface area contributed by atoms with Crippen LogP contribution in [0.3, 0.4) is 0 Å². The van der Waals surface area contributed by atoms with Crippen molar-refractivity contribution >= 4 is 39.8 Å².